The van der Waals surface area contributed by atoms with Crippen LogP contribution in [0.2, 0.25) is 0 Å². The summed E-state index contributed by atoms with van der Waals surface area (Å²) in [6, 6.07) is 49.7. The highest BCUT2D eigenvalue weighted by Crippen LogP contribution is 2.43. The zero-order valence-corrected chi connectivity index (χ0v) is 34.3. The van der Waals surface area contributed by atoms with E-state index < -0.39 is 0 Å². The summed E-state index contributed by atoms with van der Waals surface area (Å²) in [6.45, 7) is 12.6. The third-order valence-electron chi connectivity index (χ3n) is 12.0. The lowest BCUT2D eigenvalue weighted by Crippen LogP contribution is -2.17. The van der Waals surface area contributed by atoms with Gasteiger partial charge in [0.05, 0.1) is 0 Å². The van der Waals surface area contributed by atoms with Crippen LogP contribution in [0.4, 0.5) is 28.4 Å². The molecule has 0 aromatic heterocycles. The van der Waals surface area contributed by atoms with Crippen molar-refractivity contribution in [1.82, 2.24) is 0 Å². The topological polar surface area (TPSA) is 6.48 Å². The van der Waals surface area contributed by atoms with Gasteiger partial charge in [-0.05, 0) is 147 Å². The number of allylic oxidation sites excluding steroid dienone is 3. The van der Waals surface area contributed by atoms with Gasteiger partial charge < -0.3 is 9.80 Å². The maximum atomic E-state index is 4.00. The fraction of sp³-hybridized carbons (Fsp3) is 0.214. The van der Waals surface area contributed by atoms with E-state index in [2.05, 4.69) is 188 Å². The summed E-state index contributed by atoms with van der Waals surface area (Å²) >= 11 is 0. The molecule has 0 saturated heterocycles. The van der Waals surface area contributed by atoms with Crippen molar-refractivity contribution in [3.63, 3.8) is 0 Å². The Kier molecular flexibility index (Phi) is 12.0. The first-order valence-electron chi connectivity index (χ1n) is 21.5. The van der Waals surface area contributed by atoms with Gasteiger partial charge in [0.15, 0.2) is 0 Å². The van der Waals surface area contributed by atoms with Gasteiger partial charge in [-0.15, -0.1) is 0 Å². The predicted octanol–water partition coefficient (Wildman–Crippen LogP) is 16.8. The first-order chi connectivity index (χ1) is 28.6. The maximum absolute atomic E-state index is 4.00. The highest BCUT2D eigenvalue weighted by atomic mass is 15.1. The lowest BCUT2D eigenvalue weighted by Gasteiger charge is -2.29. The summed E-state index contributed by atoms with van der Waals surface area (Å²) in [7, 11) is 0. The van der Waals surface area contributed by atoms with Crippen LogP contribution in [0.25, 0.3) is 44.5 Å². The lowest BCUT2D eigenvalue weighted by atomic mass is 9.92. The third kappa shape index (κ3) is 8.16. The summed E-state index contributed by atoms with van der Waals surface area (Å²) in [5.41, 5.74) is 10.6. The smallest absolute Gasteiger partial charge is 0.0468 e. The molecule has 7 aromatic rings. The van der Waals surface area contributed by atoms with Gasteiger partial charge in [0.1, 0.15) is 0 Å². The Bertz CT molecular complexity index is 2570. The Balaban J connectivity index is 1.23. The summed E-state index contributed by atoms with van der Waals surface area (Å²) in [5.74, 6) is 0.606. The molecule has 2 heteroatoms. The van der Waals surface area contributed by atoms with Crippen molar-refractivity contribution in [3.05, 3.63) is 187 Å². The zero-order valence-electron chi connectivity index (χ0n) is 34.3. The van der Waals surface area contributed by atoms with Crippen molar-refractivity contribution in [2.45, 2.75) is 71.6 Å². The predicted molar refractivity (Wildman–Crippen MR) is 255 cm³/mol. The van der Waals surface area contributed by atoms with E-state index >= 15 is 0 Å². The van der Waals surface area contributed by atoms with E-state index in [0.29, 0.717) is 5.92 Å². The molecule has 0 amide bonds. The van der Waals surface area contributed by atoms with Crippen LogP contribution >= 0.6 is 0 Å². The molecule has 0 bridgehead atoms. The number of rotatable bonds is 16. The lowest BCUT2D eigenvalue weighted by molar-refractivity contribution is 0.540. The van der Waals surface area contributed by atoms with Gasteiger partial charge in [0, 0.05) is 34.1 Å². The van der Waals surface area contributed by atoms with Crippen molar-refractivity contribution in [3.8, 4) is 0 Å². The molecular formula is C56H56N2. The Hall–Kier alpha value is -6.12. The molecule has 0 aliphatic heterocycles. The molecule has 58 heavy (non-hydrogen) atoms. The van der Waals surface area contributed by atoms with Crippen LogP contribution in [-0.4, -0.2) is 0 Å². The molecule has 1 atom stereocenters. The van der Waals surface area contributed by atoms with Gasteiger partial charge in [-0.3, -0.25) is 0 Å². The fourth-order valence-corrected chi connectivity index (χ4v) is 8.70. The normalized spacial score (nSPS) is 13.8. The number of hydrogen-bond donors (Lipinski definition) is 0. The van der Waals surface area contributed by atoms with Gasteiger partial charge in [0.2, 0.25) is 0 Å². The van der Waals surface area contributed by atoms with E-state index in [1.165, 1.54) is 88.5 Å². The largest absolute Gasteiger partial charge is 0.311 e. The second kappa shape index (κ2) is 18.0. The number of unbranched alkanes of at least 4 members (excludes halogenated alkanes) is 4. The maximum Gasteiger partial charge on any atom is 0.0468 e. The second-order valence-electron chi connectivity index (χ2n) is 15.9. The van der Waals surface area contributed by atoms with Gasteiger partial charge >= 0.3 is 0 Å². The summed E-state index contributed by atoms with van der Waals surface area (Å²) in [5, 5.41) is 7.54. The van der Waals surface area contributed by atoms with E-state index in [1.54, 1.807) is 0 Å². The van der Waals surface area contributed by atoms with Crippen molar-refractivity contribution < 1.29 is 0 Å². The molecule has 0 spiro atoms. The molecule has 1 unspecified atom stereocenters. The minimum atomic E-state index is 0.606. The number of benzene rings is 7. The van der Waals surface area contributed by atoms with E-state index in [-0.39, 0.29) is 0 Å². The molecule has 0 N–H and O–H groups in total. The zero-order chi connectivity index (χ0) is 39.8. The standard InChI is InChI=1S/C56H56N2/c1-5-9-11-15-43-23-31-47(32-24-43)57(45-27-19-41(7-3)20-28-45)49-35-37-53-54-38-36-50(40-56(54)52-18-14-13-17-51(52)55(53)39-49)58(46-29-21-42(8-4)22-30-46)48-33-25-44(26-34-48)16-12-10-6-2/h7-8,13-14,17-25,27-40,44H,3-6,9-12,15-16,26H2,1-2H3. The summed E-state index contributed by atoms with van der Waals surface area (Å²) in [6.07, 6.45) is 22.1. The molecule has 2 nitrogen and oxygen atoms in total. The van der Waals surface area contributed by atoms with Crippen LogP contribution in [0.3, 0.4) is 0 Å². The molecule has 7 aromatic carbocycles. The highest BCUT2D eigenvalue weighted by Gasteiger charge is 2.20. The van der Waals surface area contributed by atoms with Crippen molar-refractivity contribution in [2.24, 2.45) is 5.92 Å². The van der Waals surface area contributed by atoms with Gasteiger partial charge in [0.25, 0.3) is 0 Å². The average molecular weight is 757 g/mol. The molecule has 0 saturated carbocycles. The number of fused-ring (bicyclic) bond motifs is 6. The van der Waals surface area contributed by atoms with Crippen LogP contribution in [0.15, 0.2) is 171 Å². The van der Waals surface area contributed by atoms with E-state index in [0.717, 1.165) is 52.4 Å². The molecule has 0 radical (unpaired) electrons. The van der Waals surface area contributed by atoms with Crippen LogP contribution in [0, 0.1) is 5.92 Å². The quantitative estimate of drug-likeness (QED) is 0.0716. The first-order valence-corrected chi connectivity index (χ1v) is 21.5. The third-order valence-corrected chi connectivity index (χ3v) is 12.0. The number of anilines is 5. The Morgan fingerprint density at radius 2 is 1.00 bits per heavy atom. The summed E-state index contributed by atoms with van der Waals surface area (Å²) in [4.78, 5) is 4.82. The van der Waals surface area contributed by atoms with Crippen LogP contribution in [0.1, 0.15) is 81.9 Å². The van der Waals surface area contributed by atoms with Crippen LogP contribution in [-0.2, 0) is 6.42 Å². The number of nitrogens with zero attached hydrogens (tertiary/aromatic N) is 2. The highest BCUT2D eigenvalue weighted by molar-refractivity contribution is 6.26. The molecule has 1 aliphatic carbocycles. The Labute approximate surface area is 346 Å². The SMILES string of the molecule is C=Cc1ccc(N(C2=CCC(CCCCC)C=C2)c2ccc3c4ccc(N(c5ccc(C=C)cc5)c5ccc(CCCCC)cc5)cc4c4ccccc4c3c2)cc1. The van der Waals surface area contributed by atoms with Crippen molar-refractivity contribution >= 4 is 72.9 Å². The molecule has 8 rings (SSSR count). The fourth-order valence-electron chi connectivity index (χ4n) is 8.70. The van der Waals surface area contributed by atoms with Crippen LogP contribution < -0.4 is 9.80 Å². The molecular weight excluding hydrogens is 701 g/mol. The number of hydrogen-bond acceptors (Lipinski definition) is 2. The Morgan fingerprint density at radius 3 is 1.52 bits per heavy atom. The average Bonchev–Trinajstić information content (AvgIpc) is 3.28. The number of aryl methyl sites for hydroxylation is 1. The minimum absolute atomic E-state index is 0.606. The van der Waals surface area contributed by atoms with Crippen molar-refractivity contribution in [2.75, 3.05) is 9.80 Å². The van der Waals surface area contributed by atoms with Crippen molar-refractivity contribution in [1.29, 1.82) is 0 Å². The minimum Gasteiger partial charge on any atom is -0.311 e. The van der Waals surface area contributed by atoms with Gasteiger partial charge in [-0.1, -0.05) is 156 Å². The molecule has 1 aliphatic rings. The molecule has 0 fully saturated rings. The van der Waals surface area contributed by atoms with Gasteiger partial charge in [-0.2, -0.15) is 0 Å². The monoisotopic (exact) mass is 756 g/mol. The van der Waals surface area contributed by atoms with Gasteiger partial charge in [-0.25, -0.2) is 0 Å². The molecule has 290 valence electrons. The van der Waals surface area contributed by atoms with E-state index in [1.807, 2.05) is 12.2 Å². The van der Waals surface area contributed by atoms with E-state index in [4.69, 9.17) is 0 Å². The molecule has 0 heterocycles. The van der Waals surface area contributed by atoms with Crippen LogP contribution in [0.5, 0.6) is 0 Å². The summed E-state index contributed by atoms with van der Waals surface area (Å²) < 4.78 is 0. The second-order valence-corrected chi connectivity index (χ2v) is 15.9. The van der Waals surface area contributed by atoms with E-state index in [9.17, 15) is 0 Å². The first kappa shape index (κ1) is 38.7. The Morgan fingerprint density at radius 1 is 0.517 bits per heavy atom.